The monoisotopic (exact) mass is 265 g/mol. The first kappa shape index (κ1) is 12.7. The van der Waals surface area contributed by atoms with Gasteiger partial charge in [0.2, 0.25) is 0 Å². The number of nitrogens with zero attached hydrogens (tertiary/aromatic N) is 3. The van der Waals surface area contributed by atoms with Gasteiger partial charge >= 0.3 is 5.97 Å². The summed E-state index contributed by atoms with van der Waals surface area (Å²) in [5.74, 6) is -1.93. The molecule has 0 saturated carbocycles. The summed E-state index contributed by atoms with van der Waals surface area (Å²) in [7, 11) is 0. The van der Waals surface area contributed by atoms with E-state index in [-0.39, 0.29) is 23.5 Å². The second-order valence-corrected chi connectivity index (χ2v) is 3.75. The summed E-state index contributed by atoms with van der Waals surface area (Å²) in [6.45, 7) is -0.0623. The first-order valence-corrected chi connectivity index (χ1v) is 5.16. The van der Waals surface area contributed by atoms with Gasteiger partial charge in [-0.1, -0.05) is 0 Å². The summed E-state index contributed by atoms with van der Waals surface area (Å²) in [4.78, 5) is 20.8. The molecule has 0 unspecified atom stereocenters. The molecular formula is C11H8FN3O4. The number of nitro benzene ring substituents is 1. The van der Waals surface area contributed by atoms with Crippen molar-refractivity contribution < 1.29 is 19.2 Å². The molecule has 0 fully saturated rings. The van der Waals surface area contributed by atoms with Gasteiger partial charge in [-0.3, -0.25) is 14.8 Å². The molecule has 0 saturated heterocycles. The molecule has 0 aliphatic rings. The number of benzene rings is 1. The van der Waals surface area contributed by atoms with Gasteiger partial charge in [-0.25, -0.2) is 9.18 Å². The summed E-state index contributed by atoms with van der Waals surface area (Å²) in [5, 5.41) is 23.3. The lowest BCUT2D eigenvalue weighted by molar-refractivity contribution is -0.385. The van der Waals surface area contributed by atoms with Gasteiger partial charge in [0.05, 0.1) is 17.5 Å². The first-order valence-electron chi connectivity index (χ1n) is 5.16. The molecule has 0 aliphatic carbocycles. The van der Waals surface area contributed by atoms with Gasteiger partial charge < -0.3 is 5.11 Å². The van der Waals surface area contributed by atoms with Crippen LogP contribution in [0, 0.1) is 15.9 Å². The van der Waals surface area contributed by atoms with Crippen molar-refractivity contribution in [2.45, 2.75) is 6.54 Å². The Kier molecular flexibility index (Phi) is 3.23. The van der Waals surface area contributed by atoms with E-state index in [1.165, 1.54) is 18.3 Å². The predicted octanol–water partition coefficient (Wildman–Crippen LogP) is 1.68. The Morgan fingerprint density at radius 2 is 2.21 bits per heavy atom. The Bertz CT molecular complexity index is 653. The minimum Gasteiger partial charge on any atom is -0.477 e. The van der Waals surface area contributed by atoms with E-state index in [0.29, 0.717) is 0 Å². The largest absolute Gasteiger partial charge is 0.477 e. The summed E-state index contributed by atoms with van der Waals surface area (Å²) < 4.78 is 14.4. The molecule has 0 aliphatic heterocycles. The molecule has 2 aromatic rings. The molecule has 2 rings (SSSR count). The maximum atomic E-state index is 13.2. The minimum atomic E-state index is -1.18. The second-order valence-electron chi connectivity index (χ2n) is 3.75. The molecule has 0 bridgehead atoms. The zero-order valence-corrected chi connectivity index (χ0v) is 9.49. The highest BCUT2D eigenvalue weighted by Crippen LogP contribution is 2.17. The van der Waals surface area contributed by atoms with Gasteiger partial charge in [0.15, 0.2) is 0 Å². The van der Waals surface area contributed by atoms with E-state index in [2.05, 4.69) is 5.10 Å². The van der Waals surface area contributed by atoms with Crippen LogP contribution in [0.3, 0.4) is 0 Å². The van der Waals surface area contributed by atoms with Crippen LogP contribution in [0.25, 0.3) is 0 Å². The van der Waals surface area contributed by atoms with Crippen LogP contribution < -0.4 is 0 Å². The molecule has 7 nitrogen and oxygen atoms in total. The maximum Gasteiger partial charge on any atom is 0.354 e. The lowest BCUT2D eigenvalue weighted by Gasteiger charge is -2.05. The van der Waals surface area contributed by atoms with Gasteiger partial charge in [-0.2, -0.15) is 5.10 Å². The smallest absolute Gasteiger partial charge is 0.354 e. The van der Waals surface area contributed by atoms with E-state index in [4.69, 9.17) is 5.11 Å². The molecule has 19 heavy (non-hydrogen) atoms. The van der Waals surface area contributed by atoms with Crippen molar-refractivity contribution in [3.8, 4) is 0 Å². The number of rotatable bonds is 4. The van der Waals surface area contributed by atoms with Crippen LogP contribution in [0.1, 0.15) is 16.1 Å². The number of hydrogen-bond donors (Lipinski definition) is 1. The number of aromatic carboxylic acids is 1. The van der Waals surface area contributed by atoms with Crippen LogP contribution in [0.2, 0.25) is 0 Å². The fourth-order valence-corrected chi connectivity index (χ4v) is 1.64. The van der Waals surface area contributed by atoms with E-state index in [1.54, 1.807) is 0 Å². The fraction of sp³-hybridized carbons (Fsp3) is 0.0909. The van der Waals surface area contributed by atoms with Crippen LogP contribution in [-0.4, -0.2) is 25.8 Å². The first-order chi connectivity index (χ1) is 8.97. The SMILES string of the molecule is O=C(O)c1ccnn1Cc1cc(F)cc([N+](=O)[O-])c1. The summed E-state index contributed by atoms with van der Waals surface area (Å²) >= 11 is 0. The van der Waals surface area contributed by atoms with Gasteiger partial charge in [-0.05, 0) is 17.7 Å². The molecule has 8 heteroatoms. The Morgan fingerprint density at radius 1 is 1.47 bits per heavy atom. The molecule has 0 spiro atoms. The summed E-state index contributed by atoms with van der Waals surface area (Å²) in [6, 6.07) is 4.36. The number of hydrogen-bond acceptors (Lipinski definition) is 4. The molecule has 1 aromatic heterocycles. The van der Waals surface area contributed by atoms with Gasteiger partial charge in [0.1, 0.15) is 11.5 Å². The van der Waals surface area contributed by atoms with Crippen LogP contribution in [-0.2, 0) is 6.54 Å². The summed E-state index contributed by atoms with van der Waals surface area (Å²) in [5.41, 5.74) is -0.205. The number of aromatic nitrogens is 2. The fourth-order valence-electron chi connectivity index (χ4n) is 1.64. The van der Waals surface area contributed by atoms with Crippen molar-refractivity contribution in [3.63, 3.8) is 0 Å². The second kappa shape index (κ2) is 4.84. The van der Waals surface area contributed by atoms with Gasteiger partial charge in [-0.15, -0.1) is 0 Å². The van der Waals surface area contributed by atoms with E-state index in [9.17, 15) is 19.3 Å². The van der Waals surface area contributed by atoms with Crippen molar-refractivity contribution in [3.05, 3.63) is 57.7 Å². The standard InChI is InChI=1S/C11H8FN3O4/c12-8-3-7(4-9(5-8)15(18)19)6-14-10(11(16)17)1-2-13-14/h1-5H,6H2,(H,16,17). The van der Waals surface area contributed by atoms with Gasteiger partial charge in [0.25, 0.3) is 5.69 Å². The lowest BCUT2D eigenvalue weighted by Crippen LogP contribution is -2.11. The number of non-ortho nitro benzene ring substituents is 1. The minimum absolute atomic E-state index is 0.0623. The topological polar surface area (TPSA) is 98.3 Å². The number of carboxylic acid groups (broad SMARTS) is 1. The van der Waals surface area contributed by atoms with Crippen molar-refractivity contribution in [2.24, 2.45) is 0 Å². The third kappa shape index (κ3) is 2.73. The van der Waals surface area contributed by atoms with Crippen LogP contribution in [0.4, 0.5) is 10.1 Å². The van der Waals surface area contributed by atoms with Crippen LogP contribution in [0.5, 0.6) is 0 Å². The Labute approximate surface area is 106 Å². The van der Waals surface area contributed by atoms with E-state index in [0.717, 1.165) is 16.8 Å². The molecule has 1 aromatic carbocycles. The van der Waals surface area contributed by atoms with Crippen LogP contribution in [0.15, 0.2) is 30.5 Å². The van der Waals surface area contributed by atoms with E-state index >= 15 is 0 Å². The van der Waals surface area contributed by atoms with E-state index in [1.807, 2.05) is 0 Å². The van der Waals surface area contributed by atoms with Crippen molar-refractivity contribution in [1.82, 2.24) is 9.78 Å². The number of carboxylic acids is 1. The molecule has 0 radical (unpaired) electrons. The molecule has 0 atom stereocenters. The zero-order chi connectivity index (χ0) is 14.0. The number of halogens is 1. The zero-order valence-electron chi connectivity index (χ0n) is 9.49. The molecule has 1 heterocycles. The molecule has 98 valence electrons. The summed E-state index contributed by atoms with van der Waals surface area (Å²) in [6.07, 6.45) is 1.29. The van der Waals surface area contributed by atoms with Gasteiger partial charge in [0, 0.05) is 12.3 Å². The normalized spacial score (nSPS) is 10.4. The lowest BCUT2D eigenvalue weighted by atomic mass is 10.2. The third-order valence-electron chi connectivity index (χ3n) is 2.42. The van der Waals surface area contributed by atoms with E-state index < -0.39 is 16.7 Å². The Balaban J connectivity index is 2.35. The van der Waals surface area contributed by atoms with Crippen molar-refractivity contribution >= 4 is 11.7 Å². The van der Waals surface area contributed by atoms with Crippen molar-refractivity contribution in [1.29, 1.82) is 0 Å². The average molecular weight is 265 g/mol. The highest BCUT2D eigenvalue weighted by atomic mass is 19.1. The average Bonchev–Trinajstić information content (AvgIpc) is 2.76. The highest BCUT2D eigenvalue weighted by molar-refractivity contribution is 5.85. The predicted molar refractivity (Wildman–Crippen MR) is 61.3 cm³/mol. The third-order valence-corrected chi connectivity index (χ3v) is 2.42. The maximum absolute atomic E-state index is 13.2. The molecular weight excluding hydrogens is 257 g/mol. The Morgan fingerprint density at radius 3 is 2.84 bits per heavy atom. The molecule has 1 N–H and O–H groups in total. The molecule has 0 amide bonds. The Hall–Kier alpha value is -2.77. The highest BCUT2D eigenvalue weighted by Gasteiger charge is 2.13. The van der Waals surface area contributed by atoms with Crippen molar-refractivity contribution in [2.75, 3.05) is 0 Å². The van der Waals surface area contributed by atoms with Crippen LogP contribution >= 0.6 is 0 Å². The quantitative estimate of drug-likeness (QED) is 0.669. The number of nitro groups is 1. The number of carbonyl (C=O) groups is 1.